The molecule has 2 radical (unpaired) electrons. The number of anilines is 1. The molecule has 0 aliphatic heterocycles. The van der Waals surface area contributed by atoms with Crippen molar-refractivity contribution in [3.05, 3.63) is 36.8 Å². The van der Waals surface area contributed by atoms with Crippen LogP contribution in [0, 0.1) is 6.92 Å². The zero-order valence-corrected chi connectivity index (χ0v) is 7.75. The lowest BCUT2D eigenvalue weighted by molar-refractivity contribution is 0.866. The lowest BCUT2D eigenvalue weighted by Gasteiger charge is -2.20. The highest BCUT2D eigenvalue weighted by Gasteiger charge is 1.98. The van der Waals surface area contributed by atoms with Crippen LogP contribution >= 0.6 is 0 Å². The van der Waals surface area contributed by atoms with E-state index in [1.165, 1.54) is 5.69 Å². The number of rotatable bonds is 3. The summed E-state index contributed by atoms with van der Waals surface area (Å²) in [5, 5.41) is 0. The van der Waals surface area contributed by atoms with Crippen molar-refractivity contribution in [2.24, 2.45) is 0 Å². The van der Waals surface area contributed by atoms with E-state index in [1.807, 2.05) is 12.1 Å². The Kier molecular flexibility index (Phi) is 3.15. The summed E-state index contributed by atoms with van der Waals surface area (Å²) < 4.78 is 0. The third-order valence-corrected chi connectivity index (χ3v) is 2.02. The van der Waals surface area contributed by atoms with E-state index < -0.39 is 0 Å². The quantitative estimate of drug-likeness (QED) is 0.658. The average Bonchev–Trinajstić information content (AvgIpc) is 2.10. The Morgan fingerprint density at radius 3 is 2.00 bits per heavy atom. The van der Waals surface area contributed by atoms with Gasteiger partial charge in [-0.1, -0.05) is 12.1 Å². The first kappa shape index (κ1) is 9.11. The van der Waals surface area contributed by atoms with E-state index in [2.05, 4.69) is 30.9 Å². The number of benzene rings is 1. The molecule has 0 spiro atoms. The largest absolute Gasteiger partial charge is 0.372 e. The van der Waals surface area contributed by atoms with Gasteiger partial charge in [0.25, 0.3) is 0 Å². The summed E-state index contributed by atoms with van der Waals surface area (Å²) >= 11 is 0. The fourth-order valence-corrected chi connectivity index (χ4v) is 1.27. The number of hydrogen-bond donors (Lipinski definition) is 0. The summed E-state index contributed by atoms with van der Waals surface area (Å²) in [5.41, 5.74) is 2.07. The van der Waals surface area contributed by atoms with Crippen LogP contribution in [0.3, 0.4) is 0 Å². The molecular formula is C11H15N. The van der Waals surface area contributed by atoms with Crippen LogP contribution in [0.15, 0.2) is 24.3 Å². The van der Waals surface area contributed by atoms with Crippen molar-refractivity contribution in [1.29, 1.82) is 0 Å². The molecule has 1 aromatic carbocycles. The standard InChI is InChI=1S/C11H15N/c1-4-12(5-2)11-8-6-10(3)7-9-11/h3,6-9H,4-5H2,1-2H3. The number of nitrogens with zero attached hydrogens (tertiary/aromatic N) is 1. The molecule has 0 bridgehead atoms. The van der Waals surface area contributed by atoms with Crippen LogP contribution in [0.25, 0.3) is 0 Å². The lowest BCUT2D eigenvalue weighted by atomic mass is 10.2. The Morgan fingerprint density at radius 2 is 1.58 bits per heavy atom. The van der Waals surface area contributed by atoms with Crippen molar-refractivity contribution in [2.75, 3.05) is 18.0 Å². The molecular weight excluding hydrogens is 146 g/mol. The molecule has 0 amide bonds. The molecule has 0 saturated heterocycles. The summed E-state index contributed by atoms with van der Waals surface area (Å²) in [6.45, 7) is 12.0. The minimum Gasteiger partial charge on any atom is -0.372 e. The molecule has 0 saturated carbocycles. The van der Waals surface area contributed by atoms with Gasteiger partial charge in [-0.25, -0.2) is 0 Å². The zero-order valence-electron chi connectivity index (χ0n) is 7.75. The molecule has 0 unspecified atom stereocenters. The molecule has 1 nitrogen and oxygen atoms in total. The Labute approximate surface area is 75.0 Å². The average molecular weight is 161 g/mol. The molecule has 0 fully saturated rings. The molecule has 0 heterocycles. The molecule has 0 aliphatic rings. The third kappa shape index (κ3) is 2.00. The highest BCUT2D eigenvalue weighted by Crippen LogP contribution is 2.13. The van der Waals surface area contributed by atoms with Crippen LogP contribution < -0.4 is 4.90 Å². The Bertz CT molecular complexity index is 221. The molecule has 12 heavy (non-hydrogen) atoms. The predicted molar refractivity (Wildman–Crippen MR) is 53.4 cm³/mol. The molecule has 0 aromatic heterocycles. The van der Waals surface area contributed by atoms with Crippen LogP contribution in [0.1, 0.15) is 19.4 Å². The molecule has 64 valence electrons. The van der Waals surface area contributed by atoms with Crippen molar-refractivity contribution in [3.63, 3.8) is 0 Å². The van der Waals surface area contributed by atoms with E-state index >= 15 is 0 Å². The maximum Gasteiger partial charge on any atom is 0.0366 e. The van der Waals surface area contributed by atoms with Gasteiger partial charge in [0.05, 0.1) is 0 Å². The van der Waals surface area contributed by atoms with E-state index in [-0.39, 0.29) is 0 Å². The van der Waals surface area contributed by atoms with Gasteiger partial charge < -0.3 is 4.90 Å². The summed E-state index contributed by atoms with van der Waals surface area (Å²) in [6.07, 6.45) is 0. The summed E-state index contributed by atoms with van der Waals surface area (Å²) in [7, 11) is 0. The van der Waals surface area contributed by atoms with E-state index in [0.717, 1.165) is 18.7 Å². The SMILES string of the molecule is [CH]c1ccc(N(CC)CC)cc1. The van der Waals surface area contributed by atoms with Crippen molar-refractivity contribution >= 4 is 5.69 Å². The van der Waals surface area contributed by atoms with Gasteiger partial charge in [0.1, 0.15) is 0 Å². The van der Waals surface area contributed by atoms with Gasteiger partial charge in [-0.3, -0.25) is 0 Å². The molecule has 0 aliphatic carbocycles. The van der Waals surface area contributed by atoms with Crippen molar-refractivity contribution < 1.29 is 0 Å². The minimum atomic E-state index is 0.825. The third-order valence-electron chi connectivity index (χ3n) is 2.02. The van der Waals surface area contributed by atoms with E-state index in [4.69, 9.17) is 6.92 Å². The van der Waals surface area contributed by atoms with Crippen molar-refractivity contribution in [2.45, 2.75) is 13.8 Å². The van der Waals surface area contributed by atoms with Gasteiger partial charge in [-0.15, -0.1) is 0 Å². The minimum absolute atomic E-state index is 0.825. The van der Waals surface area contributed by atoms with Crippen LogP contribution in [-0.2, 0) is 0 Å². The highest BCUT2D eigenvalue weighted by molar-refractivity contribution is 5.47. The molecule has 0 N–H and O–H groups in total. The van der Waals surface area contributed by atoms with Gasteiger partial charge in [-0.2, -0.15) is 0 Å². The van der Waals surface area contributed by atoms with Crippen LogP contribution in [-0.4, -0.2) is 13.1 Å². The first-order valence-corrected chi connectivity index (χ1v) is 4.38. The number of hydrogen-bond acceptors (Lipinski definition) is 1. The predicted octanol–water partition coefficient (Wildman–Crippen LogP) is 2.59. The maximum atomic E-state index is 5.59. The van der Waals surface area contributed by atoms with Crippen LogP contribution in [0.5, 0.6) is 0 Å². The van der Waals surface area contributed by atoms with Gasteiger partial charge in [0.2, 0.25) is 0 Å². The maximum absolute atomic E-state index is 5.59. The van der Waals surface area contributed by atoms with E-state index in [0.29, 0.717) is 0 Å². The first-order valence-electron chi connectivity index (χ1n) is 4.38. The van der Waals surface area contributed by atoms with Crippen molar-refractivity contribution in [3.8, 4) is 0 Å². The fraction of sp³-hybridized carbons (Fsp3) is 0.364. The second-order valence-electron chi connectivity index (χ2n) is 2.76. The van der Waals surface area contributed by atoms with E-state index in [1.54, 1.807) is 0 Å². The van der Waals surface area contributed by atoms with Gasteiger partial charge >= 0.3 is 0 Å². The Hall–Kier alpha value is -0.980. The van der Waals surface area contributed by atoms with Crippen LogP contribution in [0.4, 0.5) is 5.69 Å². The molecule has 1 aromatic rings. The van der Waals surface area contributed by atoms with Gasteiger partial charge in [-0.05, 0) is 38.5 Å². The summed E-state index contributed by atoms with van der Waals surface area (Å²) in [4.78, 5) is 2.29. The van der Waals surface area contributed by atoms with Gasteiger partial charge in [0, 0.05) is 18.8 Å². The van der Waals surface area contributed by atoms with Crippen molar-refractivity contribution in [1.82, 2.24) is 0 Å². The second kappa shape index (κ2) is 4.15. The Balaban J connectivity index is 2.80. The topological polar surface area (TPSA) is 3.24 Å². The second-order valence-corrected chi connectivity index (χ2v) is 2.76. The zero-order chi connectivity index (χ0) is 8.97. The van der Waals surface area contributed by atoms with Gasteiger partial charge in [0.15, 0.2) is 0 Å². The molecule has 0 atom stereocenters. The first-order chi connectivity index (χ1) is 5.77. The summed E-state index contributed by atoms with van der Waals surface area (Å²) in [5.74, 6) is 0. The molecule has 1 heteroatoms. The van der Waals surface area contributed by atoms with Crippen LogP contribution in [0.2, 0.25) is 0 Å². The Morgan fingerprint density at radius 1 is 1.08 bits per heavy atom. The molecule has 1 rings (SSSR count). The van der Waals surface area contributed by atoms with E-state index in [9.17, 15) is 0 Å². The fourth-order valence-electron chi connectivity index (χ4n) is 1.27. The smallest absolute Gasteiger partial charge is 0.0366 e. The monoisotopic (exact) mass is 161 g/mol. The normalized spacial score (nSPS) is 9.92. The summed E-state index contributed by atoms with van der Waals surface area (Å²) in [6, 6.07) is 7.99. The lowest BCUT2D eigenvalue weighted by Crippen LogP contribution is -2.21. The highest BCUT2D eigenvalue weighted by atomic mass is 15.1.